The minimum atomic E-state index is 0.536. The van der Waals surface area contributed by atoms with Gasteiger partial charge in [0.15, 0.2) is 0 Å². The Morgan fingerprint density at radius 2 is 1.67 bits per heavy atom. The third kappa shape index (κ3) is 3.03. The molecule has 1 heterocycles. The van der Waals surface area contributed by atoms with Crippen molar-refractivity contribution >= 4 is 34.1 Å². The first kappa shape index (κ1) is 15.2. The number of hydrogen-bond donors (Lipinski definition) is 0. The van der Waals surface area contributed by atoms with Crippen LogP contribution in [0.15, 0.2) is 76.4 Å². The van der Waals surface area contributed by atoms with Crippen LogP contribution in [0, 0.1) is 0 Å². The Labute approximate surface area is 148 Å². The molecule has 0 spiro atoms. The molecule has 118 valence electrons. The molecule has 0 amide bonds. The van der Waals surface area contributed by atoms with Crippen LogP contribution in [-0.2, 0) is 5.75 Å². The predicted octanol–water partition coefficient (Wildman–Crippen LogP) is 5.84. The first-order chi connectivity index (χ1) is 11.8. The van der Waals surface area contributed by atoms with E-state index in [-0.39, 0.29) is 0 Å². The Morgan fingerprint density at radius 3 is 2.58 bits per heavy atom. The fraction of sp³-hybridized carbons (Fsp3) is 0.0526. The van der Waals surface area contributed by atoms with Crippen LogP contribution in [0.4, 0.5) is 0 Å². The Kier molecular flexibility index (Phi) is 4.24. The molecular weight excluding hydrogens is 340 g/mol. The summed E-state index contributed by atoms with van der Waals surface area (Å²) in [5.41, 5.74) is 2.00. The molecule has 24 heavy (non-hydrogen) atoms. The van der Waals surface area contributed by atoms with E-state index in [1.54, 1.807) is 0 Å². The summed E-state index contributed by atoms with van der Waals surface area (Å²) in [6, 6.07) is 22.0. The van der Waals surface area contributed by atoms with Crippen LogP contribution in [0.3, 0.4) is 0 Å². The normalized spacial score (nSPS) is 11.0. The Hall–Kier alpha value is -2.30. The molecule has 0 radical (unpaired) electrons. The molecule has 0 fully saturated rings. The molecule has 0 aliphatic heterocycles. The molecule has 1 aromatic heterocycles. The fourth-order valence-corrected chi connectivity index (χ4v) is 3.59. The van der Waals surface area contributed by atoms with Crippen molar-refractivity contribution in [3.63, 3.8) is 0 Å². The van der Waals surface area contributed by atoms with Crippen LogP contribution in [-0.4, -0.2) is 10.2 Å². The number of nitrogens with zero attached hydrogens (tertiary/aromatic N) is 2. The molecule has 3 nitrogen and oxygen atoms in total. The number of fused-ring (bicyclic) bond motifs is 1. The molecule has 3 aromatic carbocycles. The summed E-state index contributed by atoms with van der Waals surface area (Å²) in [5.74, 6) is 1.23. The van der Waals surface area contributed by atoms with Crippen molar-refractivity contribution in [1.82, 2.24) is 10.2 Å². The summed E-state index contributed by atoms with van der Waals surface area (Å²) in [5, 5.41) is 11.9. The zero-order valence-corrected chi connectivity index (χ0v) is 14.2. The lowest BCUT2D eigenvalue weighted by atomic mass is 10.0. The topological polar surface area (TPSA) is 38.9 Å². The van der Waals surface area contributed by atoms with Gasteiger partial charge in [-0.15, -0.1) is 10.2 Å². The average molecular weight is 353 g/mol. The smallest absolute Gasteiger partial charge is 0.277 e. The summed E-state index contributed by atoms with van der Waals surface area (Å²) in [4.78, 5) is 0. The van der Waals surface area contributed by atoms with Crippen LogP contribution in [0.1, 0.15) is 5.56 Å². The molecule has 0 bridgehead atoms. The van der Waals surface area contributed by atoms with Gasteiger partial charge >= 0.3 is 0 Å². The summed E-state index contributed by atoms with van der Waals surface area (Å²) in [6.07, 6.45) is 0. The van der Waals surface area contributed by atoms with Crippen LogP contribution in [0.2, 0.25) is 5.02 Å². The minimum Gasteiger partial charge on any atom is -0.411 e. The molecular formula is C19H13ClN2OS. The second kappa shape index (κ2) is 6.67. The molecule has 0 unspecified atom stereocenters. The molecule has 0 aliphatic carbocycles. The van der Waals surface area contributed by atoms with Gasteiger partial charge < -0.3 is 4.42 Å². The van der Waals surface area contributed by atoms with E-state index in [0.717, 1.165) is 26.9 Å². The van der Waals surface area contributed by atoms with Crippen molar-refractivity contribution in [3.8, 4) is 11.5 Å². The highest BCUT2D eigenvalue weighted by atomic mass is 35.5. The van der Waals surface area contributed by atoms with E-state index in [4.69, 9.17) is 16.0 Å². The third-order valence-electron chi connectivity index (χ3n) is 3.74. The van der Waals surface area contributed by atoms with Crippen LogP contribution >= 0.6 is 23.4 Å². The minimum absolute atomic E-state index is 0.536. The van der Waals surface area contributed by atoms with Crippen molar-refractivity contribution in [1.29, 1.82) is 0 Å². The first-order valence-corrected chi connectivity index (χ1v) is 8.85. The van der Waals surface area contributed by atoms with E-state index in [1.807, 2.05) is 48.5 Å². The lowest BCUT2D eigenvalue weighted by Crippen LogP contribution is -1.81. The maximum atomic E-state index is 6.18. The lowest BCUT2D eigenvalue weighted by Gasteiger charge is -2.02. The van der Waals surface area contributed by atoms with E-state index in [9.17, 15) is 0 Å². The lowest BCUT2D eigenvalue weighted by molar-refractivity contribution is 0.466. The second-order valence-electron chi connectivity index (χ2n) is 5.28. The van der Waals surface area contributed by atoms with Crippen molar-refractivity contribution < 1.29 is 4.42 Å². The molecule has 4 rings (SSSR count). The van der Waals surface area contributed by atoms with Crippen LogP contribution in [0.25, 0.3) is 22.2 Å². The van der Waals surface area contributed by atoms with Crippen LogP contribution < -0.4 is 0 Å². The summed E-state index contributed by atoms with van der Waals surface area (Å²) < 4.78 is 5.84. The number of rotatable bonds is 4. The summed E-state index contributed by atoms with van der Waals surface area (Å²) in [7, 11) is 0. The van der Waals surface area contributed by atoms with Gasteiger partial charge in [0.05, 0.1) is 0 Å². The number of benzene rings is 3. The number of thioether (sulfide) groups is 1. The van der Waals surface area contributed by atoms with Gasteiger partial charge in [0.2, 0.25) is 5.89 Å². The number of aromatic nitrogens is 2. The van der Waals surface area contributed by atoms with Crippen LogP contribution in [0.5, 0.6) is 0 Å². The molecule has 0 saturated carbocycles. The van der Waals surface area contributed by atoms with E-state index in [2.05, 4.69) is 28.4 Å². The molecule has 0 saturated heterocycles. The average Bonchev–Trinajstić information content (AvgIpc) is 3.09. The largest absolute Gasteiger partial charge is 0.411 e. The quantitative estimate of drug-likeness (QED) is 0.433. The maximum Gasteiger partial charge on any atom is 0.277 e. The zero-order chi connectivity index (χ0) is 16.4. The van der Waals surface area contributed by atoms with E-state index in [1.165, 1.54) is 11.8 Å². The van der Waals surface area contributed by atoms with Gasteiger partial charge in [-0.2, -0.15) is 0 Å². The third-order valence-corrected chi connectivity index (χ3v) is 4.97. The number of hydrogen-bond acceptors (Lipinski definition) is 4. The molecule has 0 N–H and O–H groups in total. The Morgan fingerprint density at radius 1 is 0.875 bits per heavy atom. The van der Waals surface area contributed by atoms with Gasteiger partial charge in [0.1, 0.15) is 0 Å². The summed E-state index contributed by atoms with van der Waals surface area (Å²) >= 11 is 7.66. The van der Waals surface area contributed by atoms with E-state index in [0.29, 0.717) is 16.9 Å². The molecule has 0 atom stereocenters. The highest BCUT2D eigenvalue weighted by molar-refractivity contribution is 7.98. The predicted molar refractivity (Wildman–Crippen MR) is 98.3 cm³/mol. The van der Waals surface area contributed by atoms with Crippen molar-refractivity contribution in [2.45, 2.75) is 11.0 Å². The monoisotopic (exact) mass is 352 g/mol. The molecule has 5 heteroatoms. The maximum absolute atomic E-state index is 6.18. The van der Waals surface area contributed by atoms with E-state index >= 15 is 0 Å². The molecule has 4 aromatic rings. The second-order valence-corrected chi connectivity index (χ2v) is 6.61. The first-order valence-electron chi connectivity index (χ1n) is 7.49. The SMILES string of the molecule is Clc1ccccc1CSc1nnc(-c2cccc3ccccc23)o1. The van der Waals surface area contributed by atoms with Gasteiger partial charge in [-0.05, 0) is 28.5 Å². The van der Waals surface area contributed by atoms with Gasteiger partial charge in [-0.25, -0.2) is 0 Å². The van der Waals surface area contributed by atoms with Gasteiger partial charge in [0, 0.05) is 16.3 Å². The fourth-order valence-electron chi connectivity index (χ4n) is 2.54. The highest BCUT2D eigenvalue weighted by Gasteiger charge is 2.12. The summed E-state index contributed by atoms with van der Waals surface area (Å²) in [6.45, 7) is 0. The highest BCUT2D eigenvalue weighted by Crippen LogP contribution is 2.31. The molecule has 0 aliphatic rings. The van der Waals surface area contributed by atoms with E-state index < -0.39 is 0 Å². The number of halogens is 1. The van der Waals surface area contributed by atoms with Crippen molar-refractivity contribution in [2.24, 2.45) is 0 Å². The zero-order valence-electron chi connectivity index (χ0n) is 12.6. The van der Waals surface area contributed by atoms with Gasteiger partial charge in [-0.3, -0.25) is 0 Å². The van der Waals surface area contributed by atoms with Gasteiger partial charge in [-0.1, -0.05) is 78.0 Å². The van der Waals surface area contributed by atoms with Crippen molar-refractivity contribution in [2.75, 3.05) is 0 Å². The Balaban J connectivity index is 1.59. The standard InChI is InChI=1S/C19H13ClN2OS/c20-17-11-4-2-7-14(17)12-24-19-22-21-18(23-19)16-10-5-8-13-6-1-3-9-15(13)16/h1-11H,12H2. The Bertz CT molecular complexity index is 994. The van der Waals surface area contributed by atoms with Gasteiger partial charge in [0.25, 0.3) is 5.22 Å². The van der Waals surface area contributed by atoms with Crippen molar-refractivity contribution in [3.05, 3.63) is 77.3 Å².